The minimum atomic E-state index is -0.449. The van der Waals surface area contributed by atoms with E-state index in [4.69, 9.17) is 4.74 Å². The number of aliphatic hydroxyl groups excluding tert-OH is 1. The number of hydrogen-bond acceptors (Lipinski definition) is 3. The van der Waals surface area contributed by atoms with Crippen molar-refractivity contribution in [3.8, 4) is 0 Å². The number of aliphatic hydroxyl groups is 1. The Bertz CT molecular complexity index is 281. The molecule has 0 radical (unpaired) electrons. The van der Waals surface area contributed by atoms with Gasteiger partial charge in [-0.1, -0.05) is 13.8 Å². The highest BCUT2D eigenvalue weighted by Gasteiger charge is 2.38. The molecule has 1 aliphatic rings. The number of hydrogen-bond donors (Lipinski definition) is 1. The number of carbonyl (C=O) groups is 1. The topological polar surface area (TPSA) is 49.8 Å². The summed E-state index contributed by atoms with van der Waals surface area (Å²) in [5.41, 5.74) is -0.501. The van der Waals surface area contributed by atoms with Gasteiger partial charge in [0.1, 0.15) is 5.60 Å². The van der Waals surface area contributed by atoms with Crippen LogP contribution >= 0.6 is 0 Å². The molecule has 1 saturated heterocycles. The summed E-state index contributed by atoms with van der Waals surface area (Å²) in [5, 5.41) is 9.30. The van der Waals surface area contributed by atoms with Crippen molar-refractivity contribution < 1.29 is 14.6 Å². The zero-order valence-electron chi connectivity index (χ0n) is 11.6. The third-order valence-corrected chi connectivity index (χ3v) is 3.32. The lowest BCUT2D eigenvalue weighted by molar-refractivity contribution is -0.0142. The van der Waals surface area contributed by atoms with E-state index in [9.17, 15) is 9.90 Å². The molecule has 0 aliphatic carbocycles. The molecule has 0 aromatic heterocycles. The van der Waals surface area contributed by atoms with Crippen LogP contribution in [0.4, 0.5) is 4.79 Å². The van der Waals surface area contributed by atoms with Crippen LogP contribution in [0.15, 0.2) is 0 Å². The number of carbonyl (C=O) groups excluding carboxylic acids is 1. The Labute approximate surface area is 104 Å². The first kappa shape index (κ1) is 14.3. The molecule has 1 atom stereocenters. The third kappa shape index (κ3) is 3.87. The van der Waals surface area contributed by atoms with Crippen molar-refractivity contribution in [2.75, 3.05) is 19.7 Å². The molecule has 0 spiro atoms. The van der Waals surface area contributed by atoms with Crippen molar-refractivity contribution >= 4 is 6.09 Å². The maximum absolute atomic E-state index is 11.9. The maximum atomic E-state index is 11.9. The van der Waals surface area contributed by atoms with E-state index in [1.54, 1.807) is 4.90 Å². The quantitative estimate of drug-likeness (QED) is 0.768. The largest absolute Gasteiger partial charge is 0.444 e. The molecule has 0 aromatic rings. The standard InChI is InChI=1S/C13H25NO3/c1-12(2,3)17-11(16)14-7-6-10(8-15)13(4,5)9-14/h10,15H,6-9H2,1-5H3/t10-/m1/s1. The van der Waals surface area contributed by atoms with Crippen molar-refractivity contribution in [3.05, 3.63) is 0 Å². The molecule has 100 valence electrons. The van der Waals surface area contributed by atoms with Crippen LogP contribution in [0.25, 0.3) is 0 Å². The molecule has 1 N–H and O–H groups in total. The highest BCUT2D eigenvalue weighted by Crippen LogP contribution is 2.34. The van der Waals surface area contributed by atoms with Gasteiger partial charge in [-0.05, 0) is 38.5 Å². The minimum absolute atomic E-state index is 0.0517. The van der Waals surface area contributed by atoms with Crippen LogP contribution in [0.1, 0.15) is 41.0 Å². The monoisotopic (exact) mass is 243 g/mol. The average molecular weight is 243 g/mol. The predicted octanol–water partition coefficient (Wildman–Crippen LogP) is 2.26. The van der Waals surface area contributed by atoms with Crippen molar-refractivity contribution in [3.63, 3.8) is 0 Å². The van der Waals surface area contributed by atoms with Crippen LogP contribution in [0.5, 0.6) is 0 Å². The van der Waals surface area contributed by atoms with Crippen LogP contribution in [0.2, 0.25) is 0 Å². The van der Waals surface area contributed by atoms with Gasteiger partial charge in [-0.15, -0.1) is 0 Å². The van der Waals surface area contributed by atoms with Crippen molar-refractivity contribution in [2.24, 2.45) is 11.3 Å². The fourth-order valence-corrected chi connectivity index (χ4v) is 2.22. The lowest BCUT2D eigenvalue weighted by Gasteiger charge is -2.43. The molecule has 1 fully saturated rings. The summed E-state index contributed by atoms with van der Waals surface area (Å²) < 4.78 is 5.36. The minimum Gasteiger partial charge on any atom is -0.444 e. The third-order valence-electron chi connectivity index (χ3n) is 3.32. The summed E-state index contributed by atoms with van der Waals surface area (Å²) in [6, 6.07) is 0. The second kappa shape index (κ2) is 4.84. The van der Waals surface area contributed by atoms with Crippen molar-refractivity contribution in [1.29, 1.82) is 0 Å². The second-order valence-corrected chi connectivity index (χ2v) is 6.56. The van der Waals surface area contributed by atoms with Crippen LogP contribution in [0.3, 0.4) is 0 Å². The average Bonchev–Trinajstić information content (AvgIpc) is 2.13. The molecule has 1 heterocycles. The zero-order valence-corrected chi connectivity index (χ0v) is 11.6. The Morgan fingerprint density at radius 2 is 2.06 bits per heavy atom. The first-order valence-electron chi connectivity index (χ1n) is 6.24. The van der Waals surface area contributed by atoms with E-state index in [2.05, 4.69) is 13.8 Å². The van der Waals surface area contributed by atoms with Crippen LogP contribution in [-0.2, 0) is 4.74 Å². The molecule has 4 heteroatoms. The number of nitrogens with zero attached hydrogens (tertiary/aromatic N) is 1. The first-order valence-corrected chi connectivity index (χ1v) is 6.24. The molecule has 0 unspecified atom stereocenters. The molecule has 4 nitrogen and oxygen atoms in total. The van der Waals surface area contributed by atoms with Gasteiger partial charge in [-0.3, -0.25) is 0 Å². The van der Waals surface area contributed by atoms with E-state index in [1.165, 1.54) is 0 Å². The Morgan fingerprint density at radius 1 is 1.47 bits per heavy atom. The summed E-state index contributed by atoms with van der Waals surface area (Å²) in [4.78, 5) is 13.7. The van der Waals surface area contributed by atoms with Crippen molar-refractivity contribution in [2.45, 2.75) is 46.6 Å². The molecule has 17 heavy (non-hydrogen) atoms. The Kier molecular flexibility index (Phi) is 4.07. The van der Waals surface area contributed by atoms with E-state index in [1.807, 2.05) is 20.8 Å². The maximum Gasteiger partial charge on any atom is 0.410 e. The normalized spacial score (nSPS) is 24.6. The lowest BCUT2D eigenvalue weighted by atomic mass is 9.74. The van der Waals surface area contributed by atoms with Crippen LogP contribution in [0, 0.1) is 11.3 Å². The summed E-state index contributed by atoms with van der Waals surface area (Å²) in [6.45, 7) is 11.3. The Morgan fingerprint density at radius 3 is 2.47 bits per heavy atom. The summed E-state index contributed by atoms with van der Waals surface area (Å²) >= 11 is 0. The smallest absolute Gasteiger partial charge is 0.410 e. The fraction of sp³-hybridized carbons (Fsp3) is 0.923. The first-order chi connectivity index (χ1) is 7.65. The van der Waals surface area contributed by atoms with E-state index in [-0.39, 0.29) is 24.0 Å². The SMILES string of the molecule is CC(C)(C)OC(=O)N1CC[C@H](CO)C(C)(C)C1. The van der Waals surface area contributed by atoms with Crippen LogP contribution < -0.4 is 0 Å². The fourth-order valence-electron chi connectivity index (χ4n) is 2.22. The van der Waals surface area contributed by atoms with Gasteiger partial charge in [0.25, 0.3) is 0 Å². The molecule has 0 saturated carbocycles. The van der Waals surface area contributed by atoms with Crippen LogP contribution in [-0.4, -0.2) is 41.4 Å². The van der Waals surface area contributed by atoms with E-state index >= 15 is 0 Å². The van der Waals surface area contributed by atoms with Gasteiger partial charge in [-0.2, -0.15) is 0 Å². The predicted molar refractivity (Wildman–Crippen MR) is 66.8 cm³/mol. The Balaban J connectivity index is 2.62. The highest BCUT2D eigenvalue weighted by molar-refractivity contribution is 5.68. The lowest BCUT2D eigenvalue weighted by Crippen LogP contribution is -2.50. The molecule has 0 aromatic carbocycles. The van der Waals surface area contributed by atoms with Gasteiger partial charge < -0.3 is 14.7 Å². The molecule has 1 amide bonds. The molecule has 0 bridgehead atoms. The number of piperidine rings is 1. The molecule has 1 aliphatic heterocycles. The highest BCUT2D eigenvalue weighted by atomic mass is 16.6. The Hall–Kier alpha value is -0.770. The van der Waals surface area contributed by atoms with Gasteiger partial charge in [0.2, 0.25) is 0 Å². The second-order valence-electron chi connectivity index (χ2n) is 6.56. The van der Waals surface area contributed by atoms with E-state index in [0.29, 0.717) is 13.1 Å². The van der Waals surface area contributed by atoms with Gasteiger partial charge in [-0.25, -0.2) is 4.79 Å². The van der Waals surface area contributed by atoms with Gasteiger partial charge in [0.05, 0.1) is 0 Å². The summed E-state index contributed by atoms with van der Waals surface area (Å²) in [6.07, 6.45) is 0.588. The van der Waals surface area contributed by atoms with Crippen molar-refractivity contribution in [1.82, 2.24) is 4.90 Å². The zero-order chi connectivity index (χ0) is 13.3. The van der Waals surface area contributed by atoms with Gasteiger partial charge in [0.15, 0.2) is 0 Å². The van der Waals surface area contributed by atoms with Gasteiger partial charge >= 0.3 is 6.09 Å². The summed E-state index contributed by atoms with van der Waals surface area (Å²) in [7, 11) is 0. The van der Waals surface area contributed by atoms with E-state index in [0.717, 1.165) is 6.42 Å². The summed E-state index contributed by atoms with van der Waals surface area (Å²) in [5.74, 6) is 0.265. The number of rotatable bonds is 1. The van der Waals surface area contributed by atoms with Gasteiger partial charge in [0, 0.05) is 19.7 Å². The van der Waals surface area contributed by atoms with E-state index < -0.39 is 5.60 Å². The number of amides is 1. The molecular formula is C13H25NO3. The number of likely N-dealkylation sites (tertiary alicyclic amines) is 1. The number of ether oxygens (including phenoxy) is 1. The molecular weight excluding hydrogens is 218 g/mol. The molecule has 1 rings (SSSR count).